The first-order valence-electron chi connectivity index (χ1n) is 6.41. The zero-order chi connectivity index (χ0) is 14.5. The molecular formula is C16H17FN2O. The molecule has 0 saturated heterocycles. The molecule has 0 aliphatic heterocycles. The van der Waals surface area contributed by atoms with Crippen LogP contribution < -0.4 is 11.1 Å². The lowest BCUT2D eigenvalue weighted by molar-refractivity contribution is -0.117. The first-order chi connectivity index (χ1) is 9.56. The second kappa shape index (κ2) is 6.19. The van der Waals surface area contributed by atoms with Crippen LogP contribution in [-0.2, 0) is 17.8 Å². The topological polar surface area (TPSA) is 55.1 Å². The molecule has 0 fully saturated rings. The molecule has 3 N–H and O–H groups in total. The Hall–Kier alpha value is -2.36. The lowest BCUT2D eigenvalue weighted by Crippen LogP contribution is -2.15. The Labute approximate surface area is 117 Å². The van der Waals surface area contributed by atoms with Crippen molar-refractivity contribution >= 4 is 11.6 Å². The predicted octanol–water partition coefficient (Wildman–Crippen LogP) is 2.77. The van der Waals surface area contributed by atoms with Gasteiger partial charge in [0.15, 0.2) is 0 Å². The molecule has 2 rings (SSSR count). The molecule has 20 heavy (non-hydrogen) atoms. The summed E-state index contributed by atoms with van der Waals surface area (Å²) in [7, 11) is 0. The summed E-state index contributed by atoms with van der Waals surface area (Å²) in [5.41, 5.74) is 8.56. The van der Waals surface area contributed by atoms with Crippen LogP contribution in [0.25, 0.3) is 0 Å². The van der Waals surface area contributed by atoms with E-state index in [1.807, 2.05) is 24.3 Å². The van der Waals surface area contributed by atoms with E-state index >= 15 is 0 Å². The van der Waals surface area contributed by atoms with Crippen molar-refractivity contribution in [2.45, 2.75) is 19.9 Å². The van der Waals surface area contributed by atoms with E-state index < -0.39 is 0 Å². The molecule has 0 aliphatic rings. The Kier molecular flexibility index (Phi) is 4.35. The zero-order valence-electron chi connectivity index (χ0n) is 11.3. The number of anilines is 1. The molecule has 0 radical (unpaired) electrons. The summed E-state index contributed by atoms with van der Waals surface area (Å²) < 4.78 is 13.2. The van der Waals surface area contributed by atoms with Gasteiger partial charge in [0.2, 0.25) is 5.91 Å². The van der Waals surface area contributed by atoms with Crippen LogP contribution in [-0.4, -0.2) is 5.91 Å². The molecule has 1 amide bonds. The first-order valence-corrected chi connectivity index (χ1v) is 6.41. The number of para-hydroxylation sites is 1. The zero-order valence-corrected chi connectivity index (χ0v) is 11.3. The Morgan fingerprint density at radius 1 is 1.25 bits per heavy atom. The van der Waals surface area contributed by atoms with Gasteiger partial charge in [-0.15, -0.1) is 0 Å². The highest BCUT2D eigenvalue weighted by atomic mass is 19.1. The second-order valence-corrected chi connectivity index (χ2v) is 4.74. The van der Waals surface area contributed by atoms with Crippen molar-refractivity contribution in [3.8, 4) is 0 Å². The van der Waals surface area contributed by atoms with Crippen LogP contribution in [0.5, 0.6) is 0 Å². The van der Waals surface area contributed by atoms with E-state index in [0.29, 0.717) is 12.1 Å². The predicted molar refractivity (Wildman–Crippen MR) is 77.8 cm³/mol. The maximum Gasteiger partial charge on any atom is 0.221 e. The number of carbonyl (C=O) groups excluding carboxylic acids is 1. The quantitative estimate of drug-likeness (QED) is 0.879. The SMILES string of the molecule is Cc1cc(CNc2ccccc2CC(N)=O)ccc1F. The summed E-state index contributed by atoms with van der Waals surface area (Å²) in [4.78, 5) is 11.0. The molecular weight excluding hydrogens is 255 g/mol. The van der Waals surface area contributed by atoms with Crippen molar-refractivity contribution in [2.75, 3.05) is 5.32 Å². The molecule has 0 aliphatic carbocycles. The van der Waals surface area contributed by atoms with Crippen LogP contribution in [0.15, 0.2) is 42.5 Å². The van der Waals surface area contributed by atoms with Gasteiger partial charge in [-0.25, -0.2) is 4.39 Å². The molecule has 0 spiro atoms. The normalized spacial score (nSPS) is 10.3. The van der Waals surface area contributed by atoms with Gasteiger partial charge in [0, 0.05) is 12.2 Å². The number of benzene rings is 2. The number of amides is 1. The fourth-order valence-electron chi connectivity index (χ4n) is 2.05. The van der Waals surface area contributed by atoms with Crippen molar-refractivity contribution in [1.82, 2.24) is 0 Å². The minimum atomic E-state index is -0.364. The van der Waals surface area contributed by atoms with E-state index in [1.165, 1.54) is 6.07 Å². The number of rotatable bonds is 5. The number of hydrogen-bond acceptors (Lipinski definition) is 2. The third-order valence-electron chi connectivity index (χ3n) is 3.09. The number of nitrogens with one attached hydrogen (secondary N) is 1. The monoisotopic (exact) mass is 272 g/mol. The Morgan fingerprint density at radius 2 is 2.00 bits per heavy atom. The van der Waals surface area contributed by atoms with Gasteiger partial charge in [0.05, 0.1) is 6.42 Å². The highest BCUT2D eigenvalue weighted by Crippen LogP contribution is 2.17. The smallest absolute Gasteiger partial charge is 0.221 e. The fourth-order valence-corrected chi connectivity index (χ4v) is 2.05. The Bertz CT molecular complexity index is 626. The maximum atomic E-state index is 13.2. The van der Waals surface area contributed by atoms with Crippen LogP contribution in [0.1, 0.15) is 16.7 Å². The van der Waals surface area contributed by atoms with Gasteiger partial charge in [-0.1, -0.05) is 30.3 Å². The summed E-state index contributed by atoms with van der Waals surface area (Å²) in [6, 6.07) is 12.5. The average Bonchev–Trinajstić information content (AvgIpc) is 2.41. The van der Waals surface area contributed by atoms with Crippen molar-refractivity contribution in [3.63, 3.8) is 0 Å². The molecule has 0 unspecified atom stereocenters. The van der Waals surface area contributed by atoms with Crippen molar-refractivity contribution in [2.24, 2.45) is 5.73 Å². The first kappa shape index (κ1) is 14.1. The van der Waals surface area contributed by atoms with Crippen LogP contribution in [0, 0.1) is 12.7 Å². The van der Waals surface area contributed by atoms with E-state index in [-0.39, 0.29) is 18.1 Å². The molecule has 2 aromatic carbocycles. The molecule has 0 heterocycles. The van der Waals surface area contributed by atoms with Crippen molar-refractivity contribution in [3.05, 3.63) is 65.0 Å². The number of nitrogens with two attached hydrogens (primary N) is 1. The largest absolute Gasteiger partial charge is 0.381 e. The Morgan fingerprint density at radius 3 is 2.70 bits per heavy atom. The van der Waals surface area contributed by atoms with Gasteiger partial charge in [-0.3, -0.25) is 4.79 Å². The van der Waals surface area contributed by atoms with E-state index in [0.717, 1.165) is 16.8 Å². The third-order valence-corrected chi connectivity index (χ3v) is 3.09. The van der Waals surface area contributed by atoms with Crippen LogP contribution >= 0.6 is 0 Å². The molecule has 0 atom stereocenters. The lowest BCUT2D eigenvalue weighted by atomic mass is 10.1. The van der Waals surface area contributed by atoms with E-state index in [2.05, 4.69) is 5.32 Å². The van der Waals surface area contributed by atoms with Gasteiger partial charge in [-0.05, 0) is 35.7 Å². The van der Waals surface area contributed by atoms with E-state index in [9.17, 15) is 9.18 Å². The fraction of sp³-hybridized carbons (Fsp3) is 0.188. The van der Waals surface area contributed by atoms with Crippen molar-refractivity contribution < 1.29 is 9.18 Å². The molecule has 0 aromatic heterocycles. The van der Waals surface area contributed by atoms with Crippen LogP contribution in [0.4, 0.5) is 10.1 Å². The summed E-state index contributed by atoms with van der Waals surface area (Å²) in [5.74, 6) is -0.570. The van der Waals surface area contributed by atoms with Crippen molar-refractivity contribution in [1.29, 1.82) is 0 Å². The van der Waals surface area contributed by atoms with Gasteiger partial charge < -0.3 is 11.1 Å². The van der Waals surface area contributed by atoms with Crippen LogP contribution in [0.3, 0.4) is 0 Å². The lowest BCUT2D eigenvalue weighted by Gasteiger charge is -2.11. The number of aryl methyl sites for hydroxylation is 1. The van der Waals surface area contributed by atoms with E-state index in [4.69, 9.17) is 5.73 Å². The average molecular weight is 272 g/mol. The van der Waals surface area contributed by atoms with Gasteiger partial charge in [-0.2, -0.15) is 0 Å². The number of carbonyl (C=O) groups is 1. The molecule has 4 heteroatoms. The molecule has 0 bridgehead atoms. The standard InChI is InChI=1S/C16H17FN2O/c1-11-8-12(6-7-14(11)17)10-19-15-5-3-2-4-13(15)9-16(18)20/h2-8,19H,9-10H2,1H3,(H2,18,20). The minimum absolute atomic E-state index is 0.200. The van der Waals surface area contributed by atoms with E-state index in [1.54, 1.807) is 19.1 Å². The molecule has 0 saturated carbocycles. The number of hydrogen-bond donors (Lipinski definition) is 2. The Balaban J connectivity index is 2.10. The van der Waals surface area contributed by atoms with Crippen LogP contribution in [0.2, 0.25) is 0 Å². The molecule has 104 valence electrons. The molecule has 3 nitrogen and oxygen atoms in total. The summed E-state index contributed by atoms with van der Waals surface area (Å²) in [5, 5.41) is 3.25. The van der Waals surface area contributed by atoms with Gasteiger partial charge >= 0.3 is 0 Å². The highest BCUT2D eigenvalue weighted by molar-refractivity contribution is 5.78. The number of halogens is 1. The second-order valence-electron chi connectivity index (χ2n) is 4.74. The highest BCUT2D eigenvalue weighted by Gasteiger charge is 2.05. The molecule has 2 aromatic rings. The minimum Gasteiger partial charge on any atom is -0.381 e. The third kappa shape index (κ3) is 3.57. The summed E-state index contributed by atoms with van der Waals surface area (Å²) in [6.45, 7) is 2.30. The summed E-state index contributed by atoms with van der Waals surface area (Å²) >= 11 is 0. The number of primary amides is 1. The van der Waals surface area contributed by atoms with Gasteiger partial charge in [0.25, 0.3) is 0 Å². The maximum absolute atomic E-state index is 13.2. The van der Waals surface area contributed by atoms with Gasteiger partial charge in [0.1, 0.15) is 5.82 Å². The summed E-state index contributed by atoms with van der Waals surface area (Å²) in [6.07, 6.45) is 0.200.